The van der Waals surface area contributed by atoms with Crippen molar-refractivity contribution in [2.75, 3.05) is 12.4 Å². The molecule has 3 aromatic rings. The summed E-state index contributed by atoms with van der Waals surface area (Å²) in [4.78, 5) is 24.4. The van der Waals surface area contributed by atoms with Gasteiger partial charge in [0.25, 0.3) is 5.69 Å². The topological polar surface area (TPSA) is 93.3 Å². The summed E-state index contributed by atoms with van der Waals surface area (Å²) in [6.45, 7) is 4.24. The average Bonchev–Trinajstić information content (AvgIpc) is 2.97. The van der Waals surface area contributed by atoms with Gasteiger partial charge in [0.05, 0.1) is 22.8 Å². The maximum Gasteiger partial charge on any atom is 0.321 e. The van der Waals surface area contributed by atoms with Crippen LogP contribution < -0.4 is 5.32 Å². The Balaban J connectivity index is 1.75. The first kappa shape index (κ1) is 19.1. The summed E-state index contributed by atoms with van der Waals surface area (Å²) in [5.74, 6) is 0. The van der Waals surface area contributed by atoms with Crippen molar-refractivity contribution in [2.45, 2.75) is 20.4 Å². The molecule has 0 fully saturated rings. The molecule has 1 aromatic heterocycles. The lowest BCUT2D eigenvalue weighted by Crippen LogP contribution is -2.31. The number of non-ortho nitro benzene ring substituents is 1. The number of nitrogens with zero attached hydrogens (tertiary/aromatic N) is 4. The summed E-state index contributed by atoms with van der Waals surface area (Å²) in [5, 5.41) is 18.2. The number of para-hydroxylation sites is 1. The van der Waals surface area contributed by atoms with Gasteiger partial charge in [0.1, 0.15) is 0 Å². The minimum atomic E-state index is -0.496. The van der Waals surface area contributed by atoms with E-state index in [1.54, 1.807) is 13.1 Å². The number of amides is 2. The molecular formula is C20H21N5O3. The second-order valence-electron chi connectivity index (χ2n) is 6.49. The highest BCUT2D eigenvalue weighted by Gasteiger charge is 2.18. The molecule has 144 valence electrons. The molecule has 0 aliphatic carbocycles. The van der Waals surface area contributed by atoms with Crippen LogP contribution in [0.25, 0.3) is 5.69 Å². The minimum absolute atomic E-state index is 0.0729. The van der Waals surface area contributed by atoms with Gasteiger partial charge in [-0.05, 0) is 32.0 Å². The van der Waals surface area contributed by atoms with Gasteiger partial charge in [-0.1, -0.05) is 24.3 Å². The summed E-state index contributed by atoms with van der Waals surface area (Å²) >= 11 is 0. The molecule has 8 nitrogen and oxygen atoms in total. The molecular weight excluding hydrogens is 358 g/mol. The van der Waals surface area contributed by atoms with E-state index >= 15 is 0 Å². The number of rotatable bonds is 5. The van der Waals surface area contributed by atoms with Crippen LogP contribution in [0, 0.1) is 24.0 Å². The molecule has 2 aromatic carbocycles. The Bertz CT molecular complexity index is 1010. The van der Waals surface area contributed by atoms with Crippen LogP contribution in [-0.2, 0) is 6.54 Å². The second-order valence-corrected chi connectivity index (χ2v) is 6.49. The predicted molar refractivity (Wildman–Crippen MR) is 107 cm³/mol. The summed E-state index contributed by atoms with van der Waals surface area (Å²) in [6, 6.07) is 15.3. The van der Waals surface area contributed by atoms with Crippen LogP contribution in [-0.4, -0.2) is 32.7 Å². The van der Waals surface area contributed by atoms with E-state index in [1.807, 2.05) is 48.9 Å². The van der Waals surface area contributed by atoms with E-state index in [0.717, 1.165) is 22.6 Å². The highest BCUT2D eigenvalue weighted by molar-refractivity contribution is 5.89. The number of nitrogens with one attached hydrogen (secondary N) is 1. The Morgan fingerprint density at radius 3 is 2.57 bits per heavy atom. The number of carbonyl (C=O) groups excluding carboxylic acids is 1. The fourth-order valence-electron chi connectivity index (χ4n) is 2.95. The van der Waals surface area contributed by atoms with Gasteiger partial charge in [-0.3, -0.25) is 10.1 Å². The molecule has 1 N–H and O–H groups in total. The third kappa shape index (κ3) is 4.01. The molecule has 28 heavy (non-hydrogen) atoms. The van der Waals surface area contributed by atoms with Gasteiger partial charge >= 0.3 is 6.03 Å². The van der Waals surface area contributed by atoms with Gasteiger partial charge in [0.15, 0.2) is 0 Å². The number of anilines is 1. The zero-order valence-electron chi connectivity index (χ0n) is 15.9. The van der Waals surface area contributed by atoms with Gasteiger partial charge in [-0.2, -0.15) is 5.10 Å². The van der Waals surface area contributed by atoms with Gasteiger partial charge in [0.2, 0.25) is 0 Å². The van der Waals surface area contributed by atoms with Crippen molar-refractivity contribution in [2.24, 2.45) is 0 Å². The standard InChI is InChI=1S/C20H21N5O3/c1-14-19(15(2)24(22-14)17-9-5-4-6-10-17)13-23(3)20(26)21-16-8-7-11-18(12-16)25(27)28/h4-12H,13H2,1-3H3,(H,21,26). The maximum absolute atomic E-state index is 12.5. The Kier molecular flexibility index (Phi) is 5.39. The van der Waals surface area contributed by atoms with Crippen LogP contribution in [0.1, 0.15) is 17.0 Å². The first-order valence-electron chi connectivity index (χ1n) is 8.74. The number of hydrogen-bond donors (Lipinski definition) is 1. The molecule has 0 unspecified atom stereocenters. The van der Waals surface area contributed by atoms with Gasteiger partial charge < -0.3 is 10.2 Å². The fourth-order valence-corrected chi connectivity index (χ4v) is 2.95. The van der Waals surface area contributed by atoms with Crippen molar-refractivity contribution < 1.29 is 9.72 Å². The summed E-state index contributed by atoms with van der Waals surface area (Å²) < 4.78 is 1.86. The van der Waals surface area contributed by atoms with Crippen LogP contribution in [0.15, 0.2) is 54.6 Å². The predicted octanol–water partition coefficient (Wildman–Crippen LogP) is 4.06. The number of hydrogen-bond acceptors (Lipinski definition) is 4. The molecule has 0 aliphatic rings. The fraction of sp³-hybridized carbons (Fsp3) is 0.200. The molecule has 0 spiro atoms. The lowest BCUT2D eigenvalue weighted by molar-refractivity contribution is -0.384. The van der Waals surface area contributed by atoms with Crippen LogP contribution >= 0.6 is 0 Å². The van der Waals surface area contributed by atoms with Crippen LogP contribution in [0.2, 0.25) is 0 Å². The van der Waals surface area contributed by atoms with Crippen molar-refractivity contribution in [1.29, 1.82) is 0 Å². The number of nitro groups is 1. The van der Waals surface area contributed by atoms with Crippen molar-refractivity contribution >= 4 is 17.4 Å². The van der Waals surface area contributed by atoms with E-state index in [9.17, 15) is 14.9 Å². The van der Waals surface area contributed by atoms with Crippen molar-refractivity contribution in [1.82, 2.24) is 14.7 Å². The lowest BCUT2D eigenvalue weighted by atomic mass is 10.2. The van der Waals surface area contributed by atoms with Crippen molar-refractivity contribution in [3.05, 3.63) is 81.7 Å². The first-order valence-corrected chi connectivity index (χ1v) is 8.74. The van der Waals surface area contributed by atoms with E-state index < -0.39 is 4.92 Å². The van der Waals surface area contributed by atoms with E-state index in [1.165, 1.54) is 23.1 Å². The Hall–Kier alpha value is -3.68. The smallest absolute Gasteiger partial charge is 0.321 e. The number of benzene rings is 2. The number of carbonyl (C=O) groups is 1. The molecule has 3 rings (SSSR count). The minimum Gasteiger partial charge on any atom is -0.323 e. The SMILES string of the molecule is Cc1nn(-c2ccccc2)c(C)c1CN(C)C(=O)Nc1cccc([N+](=O)[O-])c1. The first-order chi connectivity index (χ1) is 13.4. The van der Waals surface area contributed by atoms with E-state index in [4.69, 9.17) is 0 Å². The van der Waals surface area contributed by atoms with Gasteiger partial charge in [-0.15, -0.1) is 0 Å². The monoisotopic (exact) mass is 379 g/mol. The van der Waals surface area contributed by atoms with Gasteiger partial charge in [0, 0.05) is 36.1 Å². The Morgan fingerprint density at radius 2 is 1.89 bits per heavy atom. The molecule has 0 saturated carbocycles. The van der Waals surface area contributed by atoms with Crippen LogP contribution in [0.4, 0.5) is 16.2 Å². The molecule has 0 saturated heterocycles. The van der Waals surface area contributed by atoms with Crippen LogP contribution in [0.5, 0.6) is 0 Å². The van der Waals surface area contributed by atoms with E-state index in [-0.39, 0.29) is 11.7 Å². The van der Waals surface area contributed by atoms with Crippen molar-refractivity contribution in [3.8, 4) is 5.69 Å². The second kappa shape index (κ2) is 7.91. The van der Waals surface area contributed by atoms with Crippen LogP contribution in [0.3, 0.4) is 0 Å². The highest BCUT2D eigenvalue weighted by atomic mass is 16.6. The molecule has 8 heteroatoms. The number of urea groups is 1. The molecule has 1 heterocycles. The third-order valence-electron chi connectivity index (χ3n) is 4.49. The largest absolute Gasteiger partial charge is 0.323 e. The summed E-state index contributed by atoms with van der Waals surface area (Å²) in [7, 11) is 1.67. The molecule has 0 bridgehead atoms. The number of aromatic nitrogens is 2. The maximum atomic E-state index is 12.5. The zero-order chi connectivity index (χ0) is 20.3. The summed E-state index contributed by atoms with van der Waals surface area (Å²) in [5.41, 5.74) is 4.02. The van der Waals surface area contributed by atoms with Crippen molar-refractivity contribution in [3.63, 3.8) is 0 Å². The lowest BCUT2D eigenvalue weighted by Gasteiger charge is -2.18. The van der Waals surface area contributed by atoms with Gasteiger partial charge in [-0.25, -0.2) is 9.48 Å². The zero-order valence-corrected chi connectivity index (χ0v) is 15.9. The normalized spacial score (nSPS) is 10.5. The number of nitro benzene ring substituents is 1. The Labute approximate surface area is 162 Å². The molecule has 0 aliphatic heterocycles. The Morgan fingerprint density at radius 1 is 1.18 bits per heavy atom. The average molecular weight is 379 g/mol. The quantitative estimate of drug-likeness (QED) is 0.534. The molecule has 2 amide bonds. The molecule has 0 atom stereocenters. The van der Waals surface area contributed by atoms with E-state index in [0.29, 0.717) is 12.2 Å². The number of aryl methyl sites for hydroxylation is 1. The third-order valence-corrected chi connectivity index (χ3v) is 4.49. The molecule has 0 radical (unpaired) electrons. The summed E-state index contributed by atoms with van der Waals surface area (Å²) in [6.07, 6.45) is 0. The van der Waals surface area contributed by atoms with E-state index in [2.05, 4.69) is 10.4 Å². The highest BCUT2D eigenvalue weighted by Crippen LogP contribution is 2.20.